The zero-order valence-corrected chi connectivity index (χ0v) is 14.6. The number of aromatic nitrogens is 4. The normalized spacial score (nSPS) is 25.0. The van der Waals surface area contributed by atoms with Crippen molar-refractivity contribution in [3.8, 4) is 11.3 Å². The first-order valence-corrected chi connectivity index (χ1v) is 8.82. The van der Waals surface area contributed by atoms with Crippen molar-refractivity contribution in [1.29, 1.82) is 0 Å². The second kappa shape index (κ2) is 6.03. The van der Waals surface area contributed by atoms with Crippen LogP contribution in [0.2, 0.25) is 0 Å². The second-order valence-electron chi connectivity index (χ2n) is 7.00. The number of morpholine rings is 1. The van der Waals surface area contributed by atoms with Crippen molar-refractivity contribution in [2.24, 2.45) is 0 Å². The molecule has 3 fully saturated rings. The predicted octanol–water partition coefficient (Wildman–Crippen LogP) is 0.328. The van der Waals surface area contributed by atoms with Crippen LogP contribution in [-0.2, 0) is 9.47 Å². The van der Waals surface area contributed by atoms with Gasteiger partial charge in [-0.3, -0.25) is 0 Å². The minimum atomic E-state index is 0.238. The highest BCUT2D eigenvalue weighted by molar-refractivity contribution is 5.65. The smallest absolute Gasteiger partial charge is 0.228 e. The van der Waals surface area contributed by atoms with E-state index < -0.39 is 0 Å². The molecule has 5 rings (SSSR count). The monoisotopic (exact) mass is 355 g/mol. The zero-order valence-electron chi connectivity index (χ0n) is 14.6. The molecule has 9 nitrogen and oxygen atoms in total. The Labute approximate surface area is 151 Å². The molecule has 2 bridgehead atoms. The fourth-order valence-corrected chi connectivity index (χ4v) is 3.76. The highest BCUT2D eigenvalue weighted by Gasteiger charge is 2.40. The number of anilines is 3. The predicted molar refractivity (Wildman–Crippen MR) is 96.0 cm³/mol. The Hall–Kier alpha value is -2.52. The van der Waals surface area contributed by atoms with Gasteiger partial charge in [-0.25, -0.2) is 15.0 Å². The van der Waals surface area contributed by atoms with Crippen molar-refractivity contribution >= 4 is 17.7 Å². The topological polar surface area (TPSA) is 103 Å². The molecule has 0 aliphatic carbocycles. The van der Waals surface area contributed by atoms with Crippen LogP contribution in [0.25, 0.3) is 11.3 Å². The fourth-order valence-electron chi connectivity index (χ4n) is 3.76. The maximum Gasteiger partial charge on any atom is 0.228 e. The van der Waals surface area contributed by atoms with Crippen molar-refractivity contribution < 1.29 is 9.47 Å². The van der Waals surface area contributed by atoms with Gasteiger partial charge in [0.25, 0.3) is 0 Å². The summed E-state index contributed by atoms with van der Waals surface area (Å²) in [4.78, 5) is 22.2. The van der Waals surface area contributed by atoms with Gasteiger partial charge in [0.15, 0.2) is 0 Å². The standard InChI is InChI=1S/C17H21N7O2/c1-25-13-6-23(7-13)17-21-14(10-4-19-16(18)20-5-10)3-15(22-17)24-8-12-2-11(24)9-26-12/h3-5,11-13H,2,6-9H2,1H3,(H2,18,19,20). The molecule has 136 valence electrons. The number of rotatable bonds is 4. The van der Waals surface area contributed by atoms with Gasteiger partial charge in [-0.2, -0.15) is 4.98 Å². The summed E-state index contributed by atoms with van der Waals surface area (Å²) in [5.74, 6) is 1.90. The molecule has 3 saturated heterocycles. The molecule has 0 spiro atoms. The molecule has 0 radical (unpaired) electrons. The third kappa shape index (κ3) is 2.63. The van der Waals surface area contributed by atoms with Crippen LogP contribution in [0.4, 0.5) is 17.7 Å². The van der Waals surface area contributed by atoms with Crippen molar-refractivity contribution in [3.63, 3.8) is 0 Å². The molecule has 9 heteroatoms. The lowest BCUT2D eigenvalue weighted by Crippen LogP contribution is -2.52. The van der Waals surface area contributed by atoms with Crippen LogP contribution in [0.1, 0.15) is 6.42 Å². The number of fused-ring (bicyclic) bond motifs is 2. The lowest BCUT2D eigenvalue weighted by atomic mass is 10.2. The number of hydrogen-bond acceptors (Lipinski definition) is 9. The van der Waals surface area contributed by atoms with E-state index in [1.807, 2.05) is 6.07 Å². The Morgan fingerprint density at radius 1 is 1.19 bits per heavy atom. The summed E-state index contributed by atoms with van der Waals surface area (Å²) >= 11 is 0. The van der Waals surface area contributed by atoms with E-state index in [0.717, 1.165) is 49.7 Å². The van der Waals surface area contributed by atoms with Gasteiger partial charge in [0.2, 0.25) is 11.9 Å². The number of ether oxygens (including phenoxy) is 2. The van der Waals surface area contributed by atoms with Gasteiger partial charge in [0.1, 0.15) is 5.82 Å². The van der Waals surface area contributed by atoms with E-state index in [9.17, 15) is 0 Å². The van der Waals surface area contributed by atoms with E-state index in [2.05, 4.69) is 19.8 Å². The van der Waals surface area contributed by atoms with Crippen LogP contribution < -0.4 is 15.5 Å². The van der Waals surface area contributed by atoms with Crippen LogP contribution in [0.5, 0.6) is 0 Å². The van der Waals surface area contributed by atoms with Crippen LogP contribution in [0.3, 0.4) is 0 Å². The Balaban J connectivity index is 1.51. The second-order valence-corrected chi connectivity index (χ2v) is 7.00. The van der Waals surface area contributed by atoms with Gasteiger partial charge in [0, 0.05) is 50.8 Å². The number of nitrogens with zero attached hydrogens (tertiary/aromatic N) is 6. The Kier molecular flexibility index (Phi) is 3.64. The van der Waals surface area contributed by atoms with Crippen LogP contribution in [0, 0.1) is 0 Å². The molecule has 0 aromatic carbocycles. The largest absolute Gasteiger partial charge is 0.378 e. The summed E-state index contributed by atoms with van der Waals surface area (Å²) in [5, 5.41) is 0. The van der Waals surface area contributed by atoms with Gasteiger partial charge >= 0.3 is 0 Å². The molecule has 2 N–H and O–H groups in total. The Bertz CT molecular complexity index is 809. The number of nitrogen functional groups attached to an aromatic ring is 1. The SMILES string of the molecule is COC1CN(c2nc(-c3cnc(N)nc3)cc(N3CC4CC3CO4)n2)C1. The quantitative estimate of drug-likeness (QED) is 0.831. The van der Waals surface area contributed by atoms with Crippen molar-refractivity contribution in [1.82, 2.24) is 19.9 Å². The molecule has 3 aliphatic rings. The van der Waals surface area contributed by atoms with Gasteiger partial charge in [0.05, 0.1) is 30.6 Å². The number of hydrogen-bond donors (Lipinski definition) is 1. The molecule has 2 aromatic heterocycles. The van der Waals surface area contributed by atoms with E-state index in [-0.39, 0.29) is 12.1 Å². The molecule has 0 amide bonds. The summed E-state index contributed by atoms with van der Waals surface area (Å²) in [6.07, 6.45) is 5.01. The summed E-state index contributed by atoms with van der Waals surface area (Å²) < 4.78 is 11.1. The maximum atomic E-state index is 5.72. The molecular formula is C17H21N7O2. The average Bonchev–Trinajstić information content (AvgIpc) is 3.25. The minimum absolute atomic E-state index is 0.238. The number of nitrogens with two attached hydrogens (primary N) is 1. The van der Waals surface area contributed by atoms with Gasteiger partial charge in [-0.1, -0.05) is 0 Å². The van der Waals surface area contributed by atoms with E-state index in [1.54, 1.807) is 19.5 Å². The van der Waals surface area contributed by atoms with Crippen molar-refractivity contribution in [2.45, 2.75) is 24.7 Å². The fraction of sp³-hybridized carbons (Fsp3) is 0.529. The number of methoxy groups -OCH3 is 1. The van der Waals surface area contributed by atoms with Gasteiger partial charge < -0.3 is 25.0 Å². The molecule has 5 heterocycles. The lowest BCUT2D eigenvalue weighted by molar-refractivity contribution is 0.0778. The van der Waals surface area contributed by atoms with Crippen molar-refractivity contribution in [3.05, 3.63) is 18.5 Å². The van der Waals surface area contributed by atoms with Crippen LogP contribution in [-0.4, -0.2) is 71.5 Å². The third-order valence-electron chi connectivity index (χ3n) is 5.33. The van der Waals surface area contributed by atoms with Crippen LogP contribution in [0.15, 0.2) is 18.5 Å². The van der Waals surface area contributed by atoms with E-state index in [0.29, 0.717) is 18.1 Å². The third-order valence-corrected chi connectivity index (χ3v) is 5.33. The highest BCUT2D eigenvalue weighted by Crippen LogP contribution is 2.34. The van der Waals surface area contributed by atoms with E-state index in [1.165, 1.54) is 0 Å². The molecule has 2 atom stereocenters. The molecule has 26 heavy (non-hydrogen) atoms. The molecule has 0 saturated carbocycles. The Morgan fingerprint density at radius 2 is 2.00 bits per heavy atom. The van der Waals surface area contributed by atoms with Gasteiger partial charge in [-0.05, 0) is 6.42 Å². The average molecular weight is 355 g/mol. The zero-order chi connectivity index (χ0) is 17.7. The summed E-state index contributed by atoms with van der Waals surface area (Å²) in [5.41, 5.74) is 7.24. The molecule has 3 aliphatic heterocycles. The first-order chi connectivity index (χ1) is 12.7. The van der Waals surface area contributed by atoms with Crippen molar-refractivity contribution in [2.75, 3.05) is 48.9 Å². The lowest BCUT2D eigenvalue weighted by Gasteiger charge is -2.38. The molecular weight excluding hydrogens is 334 g/mol. The first-order valence-electron chi connectivity index (χ1n) is 8.82. The van der Waals surface area contributed by atoms with Crippen LogP contribution >= 0.6 is 0 Å². The van der Waals surface area contributed by atoms with E-state index >= 15 is 0 Å². The summed E-state index contributed by atoms with van der Waals surface area (Å²) in [6, 6.07) is 2.40. The maximum absolute atomic E-state index is 5.72. The van der Waals surface area contributed by atoms with E-state index in [4.69, 9.17) is 25.2 Å². The molecule has 2 aromatic rings. The summed E-state index contributed by atoms with van der Waals surface area (Å²) in [6.45, 7) is 3.23. The Morgan fingerprint density at radius 3 is 2.65 bits per heavy atom. The van der Waals surface area contributed by atoms with Gasteiger partial charge in [-0.15, -0.1) is 0 Å². The summed E-state index contributed by atoms with van der Waals surface area (Å²) in [7, 11) is 1.73. The highest BCUT2D eigenvalue weighted by atomic mass is 16.5. The first kappa shape index (κ1) is 15.7. The minimum Gasteiger partial charge on any atom is -0.378 e. The molecule has 2 unspecified atom stereocenters.